The number of aromatic amines is 1. The molecule has 1 aromatic carbocycles. The van der Waals surface area contributed by atoms with E-state index in [9.17, 15) is 9.59 Å². The highest BCUT2D eigenvalue weighted by atomic mass is 16.6. The van der Waals surface area contributed by atoms with Crippen molar-refractivity contribution in [2.75, 3.05) is 20.6 Å². The molecule has 1 unspecified atom stereocenters. The largest absolute Gasteiger partial charge is 0.483 e. The molecule has 178 valence electrons. The number of hydrogen-bond acceptors (Lipinski definition) is 6. The molecule has 3 N–H and O–H groups in total. The molecule has 0 radical (unpaired) electrons. The van der Waals surface area contributed by atoms with Crippen LogP contribution in [0.25, 0.3) is 10.9 Å². The van der Waals surface area contributed by atoms with Gasteiger partial charge in [0.1, 0.15) is 17.4 Å². The number of alkyl carbamates (subject to hydrolysis) is 1. The highest BCUT2D eigenvalue weighted by molar-refractivity contribution is 5.92. The molecule has 9 nitrogen and oxygen atoms in total. The van der Waals surface area contributed by atoms with Crippen molar-refractivity contribution in [1.29, 1.82) is 0 Å². The van der Waals surface area contributed by atoms with E-state index in [1.54, 1.807) is 26.8 Å². The summed E-state index contributed by atoms with van der Waals surface area (Å²) in [5.74, 6) is -0.189. The van der Waals surface area contributed by atoms with Gasteiger partial charge in [-0.1, -0.05) is 19.9 Å². The van der Waals surface area contributed by atoms with Crippen molar-refractivity contribution in [3.05, 3.63) is 30.0 Å². The summed E-state index contributed by atoms with van der Waals surface area (Å²) in [5, 5.41) is 10.4. The highest BCUT2D eigenvalue weighted by Gasteiger charge is 2.29. The number of benzene rings is 1. The van der Waals surface area contributed by atoms with Gasteiger partial charge < -0.3 is 29.8 Å². The zero-order valence-electron chi connectivity index (χ0n) is 19.9. The Hall–Kier alpha value is -3.07. The molecule has 2 aromatic rings. The molecule has 2 rings (SSSR count). The summed E-state index contributed by atoms with van der Waals surface area (Å²) in [7, 11) is 4.04. The van der Waals surface area contributed by atoms with E-state index in [0.29, 0.717) is 5.75 Å². The maximum absolute atomic E-state index is 12.9. The Morgan fingerprint density at radius 2 is 1.88 bits per heavy atom. The monoisotopic (exact) mass is 449 g/mol. The molecule has 1 atom stereocenters. The normalized spacial score (nSPS) is 12.2. The molecule has 0 fully saturated rings. The minimum Gasteiger partial charge on any atom is -0.483 e. The van der Waals surface area contributed by atoms with Crippen molar-refractivity contribution in [2.45, 2.75) is 52.7 Å². The Morgan fingerprint density at radius 3 is 2.41 bits per heavy atom. The van der Waals surface area contributed by atoms with Crippen LogP contribution in [0.1, 0.15) is 40.2 Å². The average Bonchev–Trinajstić information content (AvgIpc) is 3.07. The van der Waals surface area contributed by atoms with Crippen molar-refractivity contribution in [3.63, 3.8) is 0 Å². The molecule has 1 aromatic heterocycles. The average molecular weight is 450 g/mol. The van der Waals surface area contributed by atoms with E-state index in [4.69, 9.17) is 19.4 Å². The molecule has 0 saturated carbocycles. The van der Waals surface area contributed by atoms with E-state index < -0.39 is 23.7 Å². The van der Waals surface area contributed by atoms with Crippen LogP contribution < -0.4 is 10.1 Å². The zero-order valence-corrected chi connectivity index (χ0v) is 19.9. The zero-order chi connectivity index (χ0) is 24.5. The van der Waals surface area contributed by atoms with Gasteiger partial charge in [0.15, 0.2) is 0 Å². The number of rotatable bonds is 7. The number of esters is 1. The van der Waals surface area contributed by atoms with Gasteiger partial charge in [-0.15, -0.1) is 0 Å². The number of amides is 1. The Bertz CT molecular complexity index is 899. The minimum atomic E-state index is -0.815. The quantitative estimate of drug-likeness (QED) is 0.336. The van der Waals surface area contributed by atoms with Crippen LogP contribution in [-0.4, -0.2) is 65.8 Å². The smallest absolute Gasteiger partial charge is 0.408 e. The van der Waals surface area contributed by atoms with Gasteiger partial charge in [-0.3, -0.25) is 4.79 Å². The Kier molecular flexibility index (Phi) is 10.2. The first-order chi connectivity index (χ1) is 14.9. The second-order valence-electron chi connectivity index (χ2n) is 8.94. The van der Waals surface area contributed by atoms with Crippen molar-refractivity contribution >= 4 is 29.4 Å². The third-order valence-corrected chi connectivity index (χ3v) is 4.38. The summed E-state index contributed by atoms with van der Waals surface area (Å²) in [4.78, 5) is 38.7. The molecule has 0 bridgehead atoms. The van der Waals surface area contributed by atoms with Crippen LogP contribution in [0.4, 0.5) is 4.79 Å². The first kappa shape index (κ1) is 27.0. The van der Waals surface area contributed by atoms with Crippen LogP contribution in [0, 0.1) is 5.92 Å². The number of nitrogens with one attached hydrogen (secondary N) is 2. The summed E-state index contributed by atoms with van der Waals surface area (Å²) in [5.41, 5.74) is 1.34. The molecule has 0 aliphatic heterocycles. The molecule has 1 heterocycles. The predicted molar refractivity (Wildman–Crippen MR) is 123 cm³/mol. The molecule has 9 heteroatoms. The lowest BCUT2D eigenvalue weighted by atomic mass is 10.0. The van der Waals surface area contributed by atoms with E-state index in [1.807, 2.05) is 46.3 Å². The number of fused-ring (bicyclic) bond motifs is 1. The number of likely N-dealkylation sites (N-methyl/N-ethyl adjacent to an activating group) is 1. The van der Waals surface area contributed by atoms with Crippen LogP contribution in [0.3, 0.4) is 0 Å². The molecule has 32 heavy (non-hydrogen) atoms. The summed E-state index contributed by atoms with van der Waals surface area (Å²) < 4.78 is 11.0. The fourth-order valence-electron chi connectivity index (χ4n) is 2.95. The van der Waals surface area contributed by atoms with Crippen LogP contribution in [0.5, 0.6) is 5.75 Å². The lowest BCUT2D eigenvalue weighted by molar-refractivity contribution is -0.137. The molecule has 1 amide bonds. The van der Waals surface area contributed by atoms with Crippen LogP contribution >= 0.6 is 0 Å². The Morgan fingerprint density at radius 1 is 1.25 bits per heavy atom. The number of aromatic nitrogens is 1. The molecule has 0 saturated heterocycles. The predicted octanol–water partition coefficient (Wildman–Crippen LogP) is 3.43. The fraction of sp³-hybridized carbons (Fsp3) is 0.522. The number of H-pyrrole nitrogens is 1. The van der Waals surface area contributed by atoms with Crippen molar-refractivity contribution < 1.29 is 29.0 Å². The molecule has 0 spiro atoms. The van der Waals surface area contributed by atoms with E-state index in [0.717, 1.165) is 29.4 Å². The van der Waals surface area contributed by atoms with Gasteiger partial charge in [0.25, 0.3) is 6.47 Å². The Balaban J connectivity index is 0.00000161. The third-order valence-electron chi connectivity index (χ3n) is 4.38. The number of carbonyl (C=O) groups excluding carboxylic acids is 2. The molecule has 0 aliphatic rings. The minimum absolute atomic E-state index is 0.159. The lowest BCUT2D eigenvalue weighted by Crippen LogP contribution is -2.48. The topological polar surface area (TPSA) is 121 Å². The number of carboxylic acid groups (broad SMARTS) is 1. The van der Waals surface area contributed by atoms with Gasteiger partial charge >= 0.3 is 12.1 Å². The first-order valence-electron chi connectivity index (χ1n) is 10.4. The number of hydrogen-bond donors (Lipinski definition) is 3. The van der Waals surface area contributed by atoms with Crippen LogP contribution in [0.15, 0.2) is 24.4 Å². The summed E-state index contributed by atoms with van der Waals surface area (Å²) in [6.07, 6.45) is 2.13. The summed E-state index contributed by atoms with van der Waals surface area (Å²) in [6.45, 7) is 9.65. The second-order valence-corrected chi connectivity index (χ2v) is 8.94. The van der Waals surface area contributed by atoms with Gasteiger partial charge in [0.2, 0.25) is 0 Å². The first-order valence-corrected chi connectivity index (χ1v) is 10.4. The molecular formula is C23H35N3O6. The Labute approximate surface area is 189 Å². The van der Waals surface area contributed by atoms with Crippen molar-refractivity contribution in [2.24, 2.45) is 5.92 Å². The summed E-state index contributed by atoms with van der Waals surface area (Å²) >= 11 is 0. The SMILES string of the molecule is CC(C)C(NC(=O)OC(C)(C)C)C(=O)Oc1cccc2[nH]cc(CCN(C)C)c12.O=CO. The van der Waals surface area contributed by atoms with Crippen LogP contribution in [-0.2, 0) is 20.7 Å². The van der Waals surface area contributed by atoms with E-state index in [2.05, 4.69) is 15.2 Å². The number of ether oxygens (including phenoxy) is 2. The van der Waals surface area contributed by atoms with E-state index in [1.165, 1.54) is 0 Å². The van der Waals surface area contributed by atoms with E-state index >= 15 is 0 Å². The molecular weight excluding hydrogens is 414 g/mol. The van der Waals surface area contributed by atoms with Gasteiger partial charge in [-0.25, -0.2) is 9.59 Å². The standard InChI is InChI=1S/C22H33N3O4.CH2O2/c1-14(2)19(24-21(27)29-22(3,4)5)20(26)28-17-10-8-9-16-18(17)15(13-23-16)11-12-25(6)7;2-1-3/h8-10,13-14,19,23H,11-12H2,1-7H3,(H,24,27);1H,(H,2,3). The van der Waals surface area contributed by atoms with Crippen LogP contribution in [0.2, 0.25) is 0 Å². The number of carbonyl (C=O) groups is 3. The van der Waals surface area contributed by atoms with Crippen molar-refractivity contribution in [3.8, 4) is 5.75 Å². The lowest BCUT2D eigenvalue weighted by Gasteiger charge is -2.24. The summed E-state index contributed by atoms with van der Waals surface area (Å²) in [6, 6.07) is 4.75. The van der Waals surface area contributed by atoms with Gasteiger partial charge in [-0.2, -0.15) is 0 Å². The molecule has 0 aliphatic carbocycles. The highest BCUT2D eigenvalue weighted by Crippen LogP contribution is 2.30. The number of nitrogens with zero attached hydrogens (tertiary/aromatic N) is 1. The van der Waals surface area contributed by atoms with Gasteiger partial charge in [0, 0.05) is 23.6 Å². The fourth-order valence-corrected chi connectivity index (χ4v) is 2.95. The van der Waals surface area contributed by atoms with Gasteiger partial charge in [0.05, 0.1) is 0 Å². The van der Waals surface area contributed by atoms with Gasteiger partial charge in [-0.05, 0) is 64.9 Å². The maximum Gasteiger partial charge on any atom is 0.408 e. The van der Waals surface area contributed by atoms with Crippen molar-refractivity contribution in [1.82, 2.24) is 15.2 Å². The third kappa shape index (κ3) is 8.58. The maximum atomic E-state index is 12.9. The van der Waals surface area contributed by atoms with E-state index in [-0.39, 0.29) is 12.4 Å². The second kappa shape index (κ2) is 12.1.